The molecule has 1 aliphatic carbocycles. The number of amides is 1. The first-order chi connectivity index (χ1) is 9.58. The van der Waals surface area contributed by atoms with Gasteiger partial charge < -0.3 is 10.0 Å². The van der Waals surface area contributed by atoms with Gasteiger partial charge in [-0.1, -0.05) is 0 Å². The topological polar surface area (TPSA) is 83.4 Å². The first-order valence-electron chi connectivity index (χ1n) is 6.80. The summed E-state index contributed by atoms with van der Waals surface area (Å²) in [5.41, 5.74) is 0.752. The molecule has 6 nitrogen and oxygen atoms in total. The Balaban J connectivity index is 1.87. The first kappa shape index (κ1) is 14.4. The summed E-state index contributed by atoms with van der Waals surface area (Å²) in [6.07, 6.45) is 7.33. The summed E-state index contributed by atoms with van der Waals surface area (Å²) in [6, 6.07) is 0. The van der Waals surface area contributed by atoms with E-state index >= 15 is 0 Å². The molecule has 2 rings (SSSR count). The first-order valence-corrected chi connectivity index (χ1v) is 6.80. The Morgan fingerprint density at radius 1 is 1.25 bits per heavy atom. The van der Waals surface area contributed by atoms with E-state index in [1.165, 1.54) is 0 Å². The number of rotatable bonds is 4. The summed E-state index contributed by atoms with van der Waals surface area (Å²) < 4.78 is 0. The van der Waals surface area contributed by atoms with Gasteiger partial charge in [0.2, 0.25) is 5.91 Å². The van der Waals surface area contributed by atoms with E-state index in [4.69, 9.17) is 5.11 Å². The molecule has 1 aromatic heterocycles. The van der Waals surface area contributed by atoms with E-state index in [1.807, 2.05) is 0 Å². The van der Waals surface area contributed by atoms with Crippen LogP contribution in [0.25, 0.3) is 0 Å². The van der Waals surface area contributed by atoms with Gasteiger partial charge in [0, 0.05) is 25.4 Å². The summed E-state index contributed by atoms with van der Waals surface area (Å²) in [7, 11) is 1.75. The third kappa shape index (κ3) is 3.53. The number of hydrogen-bond acceptors (Lipinski definition) is 4. The molecule has 0 aromatic carbocycles. The molecule has 108 valence electrons. The zero-order valence-corrected chi connectivity index (χ0v) is 11.5. The van der Waals surface area contributed by atoms with Gasteiger partial charge in [0.05, 0.1) is 24.4 Å². The van der Waals surface area contributed by atoms with Gasteiger partial charge in [0.1, 0.15) is 0 Å². The molecule has 6 heteroatoms. The monoisotopic (exact) mass is 277 g/mol. The number of aliphatic carboxylic acids is 1. The number of aromatic nitrogens is 2. The van der Waals surface area contributed by atoms with Crippen LogP contribution in [0, 0.1) is 11.8 Å². The SMILES string of the molecule is CN(Cc1cnccn1)C(=O)C1CCC(C(=O)O)CC1. The van der Waals surface area contributed by atoms with Crippen molar-refractivity contribution in [2.75, 3.05) is 7.05 Å². The molecule has 0 spiro atoms. The molecule has 1 amide bonds. The zero-order chi connectivity index (χ0) is 14.5. The molecule has 0 bridgehead atoms. The van der Waals surface area contributed by atoms with Crippen LogP contribution < -0.4 is 0 Å². The van der Waals surface area contributed by atoms with Crippen LogP contribution >= 0.6 is 0 Å². The number of carbonyl (C=O) groups excluding carboxylic acids is 1. The van der Waals surface area contributed by atoms with Crippen molar-refractivity contribution in [1.82, 2.24) is 14.9 Å². The Bertz CT molecular complexity index is 470. The maximum atomic E-state index is 12.3. The molecule has 1 N–H and O–H groups in total. The fourth-order valence-corrected chi connectivity index (χ4v) is 2.63. The number of nitrogens with zero attached hydrogens (tertiary/aromatic N) is 3. The fourth-order valence-electron chi connectivity index (χ4n) is 2.63. The van der Waals surface area contributed by atoms with Crippen LogP contribution in [-0.4, -0.2) is 38.9 Å². The third-order valence-electron chi connectivity index (χ3n) is 3.82. The maximum absolute atomic E-state index is 12.3. The molecule has 1 heterocycles. The molecule has 1 aliphatic rings. The predicted octanol–water partition coefficient (Wildman–Crippen LogP) is 1.33. The van der Waals surface area contributed by atoms with Crippen LogP contribution in [0.2, 0.25) is 0 Å². The van der Waals surface area contributed by atoms with Crippen molar-refractivity contribution in [2.24, 2.45) is 11.8 Å². The quantitative estimate of drug-likeness (QED) is 0.897. The smallest absolute Gasteiger partial charge is 0.306 e. The molecule has 0 unspecified atom stereocenters. The highest BCUT2D eigenvalue weighted by atomic mass is 16.4. The highest BCUT2D eigenvalue weighted by Gasteiger charge is 2.31. The Hall–Kier alpha value is -1.98. The highest BCUT2D eigenvalue weighted by Crippen LogP contribution is 2.30. The largest absolute Gasteiger partial charge is 0.481 e. The van der Waals surface area contributed by atoms with E-state index in [0.29, 0.717) is 32.2 Å². The molecule has 0 aliphatic heterocycles. The zero-order valence-electron chi connectivity index (χ0n) is 11.5. The molecular formula is C14H19N3O3. The Morgan fingerprint density at radius 2 is 1.90 bits per heavy atom. The van der Waals surface area contributed by atoms with Gasteiger partial charge in [-0.3, -0.25) is 19.6 Å². The third-order valence-corrected chi connectivity index (χ3v) is 3.82. The maximum Gasteiger partial charge on any atom is 0.306 e. The van der Waals surface area contributed by atoms with Crippen molar-refractivity contribution in [3.05, 3.63) is 24.3 Å². The van der Waals surface area contributed by atoms with Crippen LogP contribution in [0.1, 0.15) is 31.4 Å². The van der Waals surface area contributed by atoms with E-state index in [9.17, 15) is 9.59 Å². The van der Waals surface area contributed by atoms with Gasteiger partial charge in [0.25, 0.3) is 0 Å². The lowest BCUT2D eigenvalue weighted by molar-refractivity contribution is -0.145. The second-order valence-corrected chi connectivity index (χ2v) is 5.28. The number of carbonyl (C=O) groups is 2. The van der Waals surface area contributed by atoms with Crippen molar-refractivity contribution in [3.8, 4) is 0 Å². The molecule has 1 aromatic rings. The van der Waals surface area contributed by atoms with Crippen LogP contribution in [-0.2, 0) is 16.1 Å². The van der Waals surface area contributed by atoms with E-state index in [2.05, 4.69) is 9.97 Å². The number of carboxylic acids is 1. The van der Waals surface area contributed by atoms with Gasteiger partial charge in [-0.05, 0) is 25.7 Å². The minimum absolute atomic E-state index is 0.0627. The Labute approximate surface area is 117 Å². The molecule has 0 radical (unpaired) electrons. The molecule has 1 fully saturated rings. The molecule has 0 saturated heterocycles. The summed E-state index contributed by atoms with van der Waals surface area (Å²) >= 11 is 0. The van der Waals surface area contributed by atoms with Gasteiger partial charge in [-0.2, -0.15) is 0 Å². The lowest BCUT2D eigenvalue weighted by atomic mass is 9.81. The van der Waals surface area contributed by atoms with Gasteiger partial charge in [0.15, 0.2) is 0 Å². The Morgan fingerprint density at radius 3 is 2.45 bits per heavy atom. The normalized spacial score (nSPS) is 22.2. The average Bonchev–Trinajstić information content (AvgIpc) is 2.47. The Kier molecular flexibility index (Phi) is 4.65. The van der Waals surface area contributed by atoms with Gasteiger partial charge in [-0.25, -0.2) is 0 Å². The molecule has 20 heavy (non-hydrogen) atoms. The van der Waals surface area contributed by atoms with Crippen molar-refractivity contribution in [3.63, 3.8) is 0 Å². The van der Waals surface area contributed by atoms with Crippen LogP contribution in [0.4, 0.5) is 0 Å². The predicted molar refractivity (Wildman–Crippen MR) is 71.6 cm³/mol. The second-order valence-electron chi connectivity index (χ2n) is 5.28. The second kappa shape index (κ2) is 6.45. The van der Waals surface area contributed by atoms with Crippen LogP contribution in [0.5, 0.6) is 0 Å². The van der Waals surface area contributed by atoms with Crippen molar-refractivity contribution in [1.29, 1.82) is 0 Å². The van der Waals surface area contributed by atoms with Gasteiger partial charge >= 0.3 is 5.97 Å². The minimum Gasteiger partial charge on any atom is -0.481 e. The van der Waals surface area contributed by atoms with E-state index < -0.39 is 5.97 Å². The summed E-state index contributed by atoms with van der Waals surface area (Å²) in [6.45, 7) is 0.436. The summed E-state index contributed by atoms with van der Waals surface area (Å²) in [5, 5.41) is 8.96. The van der Waals surface area contributed by atoms with Crippen molar-refractivity contribution < 1.29 is 14.7 Å². The number of carboxylic acid groups (broad SMARTS) is 1. The van der Waals surface area contributed by atoms with E-state index in [1.54, 1.807) is 30.5 Å². The van der Waals surface area contributed by atoms with E-state index in [-0.39, 0.29) is 17.7 Å². The average molecular weight is 277 g/mol. The fraction of sp³-hybridized carbons (Fsp3) is 0.571. The lowest BCUT2D eigenvalue weighted by Gasteiger charge is -2.28. The number of hydrogen-bond donors (Lipinski definition) is 1. The van der Waals surface area contributed by atoms with Crippen molar-refractivity contribution >= 4 is 11.9 Å². The highest BCUT2D eigenvalue weighted by molar-refractivity contribution is 5.79. The van der Waals surface area contributed by atoms with Crippen LogP contribution in [0.3, 0.4) is 0 Å². The standard InChI is InChI=1S/C14H19N3O3/c1-17(9-12-8-15-6-7-16-12)13(18)10-2-4-11(5-3-10)14(19)20/h6-8,10-11H,2-5,9H2,1H3,(H,19,20). The summed E-state index contributed by atoms with van der Waals surface area (Å²) in [5.74, 6) is -1.03. The minimum atomic E-state index is -0.746. The van der Waals surface area contributed by atoms with E-state index in [0.717, 1.165) is 5.69 Å². The summed E-state index contributed by atoms with van der Waals surface area (Å²) in [4.78, 5) is 33.0. The van der Waals surface area contributed by atoms with Gasteiger partial charge in [-0.15, -0.1) is 0 Å². The van der Waals surface area contributed by atoms with Crippen molar-refractivity contribution in [2.45, 2.75) is 32.2 Å². The molecule has 1 saturated carbocycles. The molecule has 0 atom stereocenters. The van der Waals surface area contributed by atoms with Crippen LogP contribution in [0.15, 0.2) is 18.6 Å². The molecular weight excluding hydrogens is 258 g/mol. The lowest BCUT2D eigenvalue weighted by Crippen LogP contribution is -2.35.